The summed E-state index contributed by atoms with van der Waals surface area (Å²) in [5.74, 6) is -0.790. The number of ether oxygens (including phenoxy) is 1. The van der Waals surface area contributed by atoms with E-state index in [-0.39, 0.29) is 5.92 Å². The van der Waals surface area contributed by atoms with Crippen molar-refractivity contribution in [2.24, 2.45) is 5.92 Å². The first-order chi connectivity index (χ1) is 10.9. The summed E-state index contributed by atoms with van der Waals surface area (Å²) >= 11 is 0. The number of benzene rings is 1. The fourth-order valence-electron chi connectivity index (χ4n) is 3.70. The normalized spacial score (nSPS) is 21.4. The third kappa shape index (κ3) is 4.33. The maximum atomic E-state index is 11.0. The Morgan fingerprint density at radius 3 is 2.35 bits per heavy atom. The second kappa shape index (κ2) is 7.93. The Morgan fingerprint density at radius 1 is 1.17 bits per heavy atom. The van der Waals surface area contributed by atoms with Gasteiger partial charge in [-0.1, -0.05) is 6.07 Å². The molecule has 1 fully saturated rings. The van der Waals surface area contributed by atoms with Crippen molar-refractivity contribution < 1.29 is 14.6 Å². The quantitative estimate of drug-likeness (QED) is 0.842. The summed E-state index contributed by atoms with van der Waals surface area (Å²) in [5.41, 5.74) is 6.54. The molecular weight excluding hydrogens is 290 g/mol. The van der Waals surface area contributed by atoms with Gasteiger partial charge in [0.05, 0.1) is 12.5 Å². The van der Waals surface area contributed by atoms with E-state index in [1.54, 1.807) is 7.11 Å². The number of carboxylic acids is 1. The van der Waals surface area contributed by atoms with Crippen LogP contribution in [0.15, 0.2) is 6.07 Å². The number of carbonyl (C=O) groups is 1. The first-order valence-electron chi connectivity index (χ1n) is 8.47. The zero-order valence-electron chi connectivity index (χ0n) is 14.7. The fourth-order valence-corrected chi connectivity index (χ4v) is 3.70. The van der Waals surface area contributed by atoms with E-state index in [0.717, 1.165) is 32.2 Å². The van der Waals surface area contributed by atoms with E-state index in [2.05, 4.69) is 32.2 Å². The lowest BCUT2D eigenvalue weighted by molar-refractivity contribution is -0.142. The highest BCUT2D eigenvalue weighted by molar-refractivity contribution is 5.70. The molecule has 4 heteroatoms. The highest BCUT2D eigenvalue weighted by atomic mass is 16.5. The van der Waals surface area contributed by atoms with Crippen LogP contribution in [0, 0.1) is 26.7 Å². The maximum Gasteiger partial charge on any atom is 0.306 e. The largest absolute Gasteiger partial charge is 0.481 e. The van der Waals surface area contributed by atoms with Gasteiger partial charge in [0.15, 0.2) is 0 Å². The van der Waals surface area contributed by atoms with Gasteiger partial charge in [-0.05, 0) is 74.3 Å². The molecule has 0 radical (unpaired) electrons. The van der Waals surface area contributed by atoms with Gasteiger partial charge >= 0.3 is 5.97 Å². The molecule has 0 spiro atoms. The van der Waals surface area contributed by atoms with E-state index in [1.807, 2.05) is 0 Å². The number of methoxy groups -OCH3 is 1. The molecule has 1 aliphatic carbocycles. The summed E-state index contributed by atoms with van der Waals surface area (Å²) in [6, 6.07) is 2.66. The van der Waals surface area contributed by atoms with Crippen molar-refractivity contribution in [2.45, 2.75) is 65.6 Å². The highest BCUT2D eigenvalue weighted by Gasteiger charge is 2.25. The van der Waals surface area contributed by atoms with Crippen LogP contribution in [0.2, 0.25) is 0 Å². The molecule has 0 aliphatic heterocycles. The van der Waals surface area contributed by atoms with Gasteiger partial charge in [0.2, 0.25) is 0 Å². The molecule has 0 heterocycles. The van der Waals surface area contributed by atoms with Gasteiger partial charge in [0, 0.05) is 19.7 Å². The van der Waals surface area contributed by atoms with Crippen molar-refractivity contribution in [3.8, 4) is 0 Å². The van der Waals surface area contributed by atoms with Crippen molar-refractivity contribution in [1.29, 1.82) is 0 Å². The Hall–Kier alpha value is -1.39. The average Bonchev–Trinajstić information content (AvgIpc) is 2.51. The summed E-state index contributed by atoms with van der Waals surface area (Å²) in [6.07, 6.45) is 3.47. The zero-order valence-corrected chi connectivity index (χ0v) is 14.7. The standard InChI is InChI=1S/C19H29NO3/c1-12-9-13(2)18(11-23-4)14(3)17(12)10-20-16-7-5-15(6-8-16)19(21)22/h9,15-16,20H,5-8,10-11H2,1-4H3,(H,21,22). The SMILES string of the molecule is COCc1c(C)cc(C)c(CNC2CCC(C(=O)O)CC2)c1C. The first kappa shape index (κ1) is 18.0. The maximum absolute atomic E-state index is 11.0. The van der Waals surface area contributed by atoms with Crippen molar-refractivity contribution in [3.63, 3.8) is 0 Å². The molecular formula is C19H29NO3. The first-order valence-corrected chi connectivity index (χ1v) is 8.47. The number of nitrogens with one attached hydrogen (secondary N) is 1. The van der Waals surface area contributed by atoms with Crippen molar-refractivity contribution >= 4 is 5.97 Å². The van der Waals surface area contributed by atoms with Gasteiger partial charge in [-0.25, -0.2) is 0 Å². The predicted molar refractivity (Wildman–Crippen MR) is 91.6 cm³/mol. The molecule has 0 unspecified atom stereocenters. The van der Waals surface area contributed by atoms with Crippen LogP contribution in [-0.4, -0.2) is 24.2 Å². The van der Waals surface area contributed by atoms with Gasteiger partial charge in [0.25, 0.3) is 0 Å². The van der Waals surface area contributed by atoms with Crippen LogP contribution in [0.25, 0.3) is 0 Å². The molecule has 0 saturated heterocycles. The highest BCUT2D eigenvalue weighted by Crippen LogP contribution is 2.26. The minimum atomic E-state index is -0.641. The minimum absolute atomic E-state index is 0.149. The summed E-state index contributed by atoms with van der Waals surface area (Å²) in [7, 11) is 1.73. The number of carboxylic acid groups (broad SMARTS) is 1. The Labute approximate surface area is 139 Å². The smallest absolute Gasteiger partial charge is 0.306 e. The Balaban J connectivity index is 2.01. The van der Waals surface area contributed by atoms with Gasteiger partial charge in [-0.2, -0.15) is 0 Å². The summed E-state index contributed by atoms with van der Waals surface area (Å²) < 4.78 is 5.34. The second-order valence-corrected chi connectivity index (χ2v) is 6.79. The Kier molecular flexibility index (Phi) is 6.19. The van der Waals surface area contributed by atoms with Gasteiger partial charge in [-0.15, -0.1) is 0 Å². The third-order valence-corrected chi connectivity index (χ3v) is 5.22. The molecule has 0 amide bonds. The molecule has 0 atom stereocenters. The van der Waals surface area contributed by atoms with Crippen LogP contribution in [-0.2, 0) is 22.7 Å². The van der Waals surface area contributed by atoms with Gasteiger partial charge in [-0.3, -0.25) is 4.79 Å². The lowest BCUT2D eigenvalue weighted by Gasteiger charge is -2.28. The zero-order chi connectivity index (χ0) is 17.0. The fraction of sp³-hybridized carbons (Fsp3) is 0.632. The molecule has 2 rings (SSSR count). The number of hydrogen-bond donors (Lipinski definition) is 2. The van der Waals surface area contributed by atoms with Crippen molar-refractivity contribution in [3.05, 3.63) is 33.9 Å². The monoisotopic (exact) mass is 319 g/mol. The van der Waals surface area contributed by atoms with Crippen LogP contribution < -0.4 is 5.32 Å². The minimum Gasteiger partial charge on any atom is -0.481 e. The van der Waals surface area contributed by atoms with E-state index < -0.39 is 5.97 Å². The second-order valence-electron chi connectivity index (χ2n) is 6.79. The number of rotatable bonds is 6. The molecule has 1 aliphatic rings. The van der Waals surface area contributed by atoms with E-state index in [4.69, 9.17) is 9.84 Å². The lowest BCUT2D eigenvalue weighted by atomic mass is 9.86. The van der Waals surface area contributed by atoms with Crippen LogP contribution >= 0.6 is 0 Å². The van der Waals surface area contributed by atoms with Crippen molar-refractivity contribution in [1.82, 2.24) is 5.32 Å². The van der Waals surface area contributed by atoms with Gasteiger partial charge in [0.1, 0.15) is 0 Å². The Bertz CT molecular complexity index is 560. The summed E-state index contributed by atoms with van der Waals surface area (Å²) in [4.78, 5) is 11.0. The Morgan fingerprint density at radius 2 is 1.78 bits per heavy atom. The van der Waals surface area contributed by atoms with Crippen LogP contribution in [0.4, 0.5) is 0 Å². The van der Waals surface area contributed by atoms with Crippen molar-refractivity contribution in [2.75, 3.05) is 7.11 Å². The molecule has 23 heavy (non-hydrogen) atoms. The summed E-state index contributed by atoms with van der Waals surface area (Å²) in [6.45, 7) is 7.96. The number of aryl methyl sites for hydroxylation is 2. The van der Waals surface area contributed by atoms with Crippen LogP contribution in [0.1, 0.15) is 53.5 Å². The third-order valence-electron chi connectivity index (χ3n) is 5.22. The van der Waals surface area contributed by atoms with E-state index in [0.29, 0.717) is 12.6 Å². The number of aliphatic carboxylic acids is 1. The lowest BCUT2D eigenvalue weighted by Crippen LogP contribution is -2.34. The summed E-state index contributed by atoms with van der Waals surface area (Å²) in [5, 5.41) is 12.7. The average molecular weight is 319 g/mol. The van der Waals surface area contributed by atoms with Gasteiger partial charge < -0.3 is 15.2 Å². The number of hydrogen-bond acceptors (Lipinski definition) is 3. The topological polar surface area (TPSA) is 58.6 Å². The molecule has 2 N–H and O–H groups in total. The van der Waals surface area contributed by atoms with Crippen LogP contribution in [0.3, 0.4) is 0 Å². The van der Waals surface area contributed by atoms with E-state index in [9.17, 15) is 4.79 Å². The molecule has 0 bridgehead atoms. The molecule has 4 nitrogen and oxygen atoms in total. The molecule has 128 valence electrons. The molecule has 0 aromatic heterocycles. The van der Waals surface area contributed by atoms with E-state index >= 15 is 0 Å². The van der Waals surface area contributed by atoms with Crippen LogP contribution in [0.5, 0.6) is 0 Å². The molecule has 1 aromatic rings. The molecule has 1 aromatic carbocycles. The molecule has 1 saturated carbocycles. The van der Waals surface area contributed by atoms with E-state index in [1.165, 1.54) is 27.8 Å². The predicted octanol–water partition coefficient (Wildman–Crippen LogP) is 3.49.